The number of aromatic nitrogens is 4. The van der Waals surface area contributed by atoms with Crippen LogP contribution in [0.15, 0.2) is 37.1 Å². The first-order chi connectivity index (χ1) is 12.1. The normalized spacial score (nSPS) is 15.7. The van der Waals surface area contributed by atoms with Crippen LogP contribution in [0.4, 0.5) is 0 Å². The van der Waals surface area contributed by atoms with E-state index in [9.17, 15) is 4.79 Å². The van der Waals surface area contributed by atoms with Crippen LogP contribution >= 0.6 is 11.6 Å². The Hall–Kier alpha value is -2.47. The zero-order valence-electron chi connectivity index (χ0n) is 13.9. The molecule has 0 atom stereocenters. The predicted molar refractivity (Wildman–Crippen MR) is 96.0 cm³/mol. The van der Waals surface area contributed by atoms with Gasteiger partial charge in [0.2, 0.25) is 0 Å². The molecule has 3 aromatic heterocycles. The molecule has 0 unspecified atom stereocenters. The van der Waals surface area contributed by atoms with Gasteiger partial charge in [-0.1, -0.05) is 18.5 Å². The molecule has 1 aliphatic heterocycles. The van der Waals surface area contributed by atoms with Gasteiger partial charge in [-0.25, -0.2) is 9.97 Å². The summed E-state index contributed by atoms with van der Waals surface area (Å²) in [6.07, 6.45) is 10.4. The fourth-order valence-electron chi connectivity index (χ4n) is 3.19. The third kappa shape index (κ3) is 2.87. The molecule has 128 valence electrons. The second-order valence-electron chi connectivity index (χ2n) is 6.45. The lowest BCUT2D eigenvalue weighted by molar-refractivity contribution is 0.0697. The van der Waals surface area contributed by atoms with Gasteiger partial charge in [0.1, 0.15) is 5.65 Å². The molecule has 4 rings (SSSR count). The lowest BCUT2D eigenvalue weighted by atomic mass is 9.99. The number of pyridine rings is 1. The number of halogens is 1. The van der Waals surface area contributed by atoms with Crippen molar-refractivity contribution in [1.82, 2.24) is 24.4 Å². The van der Waals surface area contributed by atoms with Gasteiger partial charge < -0.3 is 4.90 Å². The van der Waals surface area contributed by atoms with E-state index in [2.05, 4.69) is 21.9 Å². The van der Waals surface area contributed by atoms with Gasteiger partial charge in [-0.05, 0) is 24.8 Å². The summed E-state index contributed by atoms with van der Waals surface area (Å²) in [6.45, 7) is 3.77. The maximum absolute atomic E-state index is 12.8. The van der Waals surface area contributed by atoms with Gasteiger partial charge in [0.05, 0.1) is 16.8 Å². The topological polar surface area (TPSA) is 63.9 Å². The van der Waals surface area contributed by atoms with Crippen LogP contribution in [-0.2, 0) is 0 Å². The van der Waals surface area contributed by atoms with E-state index in [1.54, 1.807) is 24.8 Å². The molecule has 0 N–H and O–H groups in total. The van der Waals surface area contributed by atoms with Crippen LogP contribution in [0.25, 0.3) is 16.9 Å². The van der Waals surface area contributed by atoms with Crippen molar-refractivity contribution in [2.24, 2.45) is 5.92 Å². The number of amides is 1. The van der Waals surface area contributed by atoms with Crippen LogP contribution in [-0.4, -0.2) is 43.4 Å². The van der Waals surface area contributed by atoms with Crippen molar-refractivity contribution in [3.05, 3.63) is 47.6 Å². The van der Waals surface area contributed by atoms with Crippen molar-refractivity contribution in [1.29, 1.82) is 0 Å². The SMILES string of the molecule is CC1CCN(C(=O)c2cnc3c(ccn3-c3cnccn3)c2Cl)CC1. The summed E-state index contributed by atoms with van der Waals surface area (Å²) >= 11 is 6.55. The van der Waals surface area contributed by atoms with Gasteiger partial charge in [-0.2, -0.15) is 0 Å². The van der Waals surface area contributed by atoms with Crippen LogP contribution in [0.3, 0.4) is 0 Å². The van der Waals surface area contributed by atoms with E-state index < -0.39 is 0 Å². The van der Waals surface area contributed by atoms with E-state index in [1.807, 2.05) is 21.7 Å². The van der Waals surface area contributed by atoms with Crippen molar-refractivity contribution in [3.8, 4) is 5.82 Å². The summed E-state index contributed by atoms with van der Waals surface area (Å²) in [7, 11) is 0. The number of rotatable bonds is 2. The van der Waals surface area contributed by atoms with Gasteiger partial charge in [0.25, 0.3) is 5.91 Å². The first kappa shape index (κ1) is 16.0. The summed E-state index contributed by atoms with van der Waals surface area (Å²) in [5.74, 6) is 1.28. The Bertz CT molecular complexity index is 916. The highest BCUT2D eigenvalue weighted by Gasteiger charge is 2.24. The second-order valence-corrected chi connectivity index (χ2v) is 6.83. The summed E-state index contributed by atoms with van der Waals surface area (Å²) in [5.41, 5.74) is 1.12. The maximum Gasteiger partial charge on any atom is 0.256 e. The Morgan fingerprint density at radius 2 is 2.00 bits per heavy atom. The lowest BCUT2D eigenvalue weighted by Crippen LogP contribution is -2.38. The zero-order chi connectivity index (χ0) is 17.4. The molecule has 25 heavy (non-hydrogen) atoms. The minimum Gasteiger partial charge on any atom is -0.339 e. The van der Waals surface area contributed by atoms with Gasteiger partial charge in [-0.3, -0.25) is 14.3 Å². The fraction of sp³-hybridized carbons (Fsp3) is 0.333. The third-order valence-corrected chi connectivity index (χ3v) is 5.15. The number of carbonyl (C=O) groups excluding carboxylic acids is 1. The maximum atomic E-state index is 12.8. The Balaban J connectivity index is 1.71. The third-order valence-electron chi connectivity index (χ3n) is 4.75. The summed E-state index contributed by atoms with van der Waals surface area (Å²) in [6, 6.07) is 1.86. The number of carbonyl (C=O) groups is 1. The molecule has 1 aliphatic rings. The van der Waals surface area contributed by atoms with E-state index in [1.165, 1.54) is 0 Å². The molecule has 6 nitrogen and oxygen atoms in total. The van der Waals surface area contributed by atoms with E-state index >= 15 is 0 Å². The Kier molecular flexibility index (Phi) is 4.13. The standard InChI is InChI=1S/C18H18ClN5O/c1-12-2-7-23(8-3-12)18(25)14-10-22-17-13(16(14)19)4-9-24(17)15-11-20-5-6-21-15/h4-6,9-12H,2-3,7-8H2,1H3. The number of likely N-dealkylation sites (tertiary alicyclic amines) is 1. The van der Waals surface area contributed by atoms with Gasteiger partial charge in [0.15, 0.2) is 5.82 Å². The molecule has 0 aliphatic carbocycles. The molecule has 0 bridgehead atoms. The molecule has 3 aromatic rings. The highest BCUT2D eigenvalue weighted by atomic mass is 35.5. The van der Waals surface area contributed by atoms with Gasteiger partial charge in [0, 0.05) is 43.3 Å². The minimum absolute atomic E-state index is 0.0430. The molecular weight excluding hydrogens is 338 g/mol. The number of nitrogens with zero attached hydrogens (tertiary/aromatic N) is 5. The fourth-order valence-corrected chi connectivity index (χ4v) is 3.46. The number of hydrogen-bond acceptors (Lipinski definition) is 4. The zero-order valence-corrected chi connectivity index (χ0v) is 14.6. The smallest absolute Gasteiger partial charge is 0.256 e. The molecule has 0 saturated carbocycles. The van der Waals surface area contributed by atoms with Crippen LogP contribution < -0.4 is 0 Å². The Labute approximate surface area is 150 Å². The summed E-state index contributed by atoms with van der Waals surface area (Å²) in [4.78, 5) is 27.5. The first-order valence-electron chi connectivity index (χ1n) is 8.36. The molecule has 0 aromatic carbocycles. The second kappa shape index (κ2) is 6.44. The number of hydrogen-bond donors (Lipinski definition) is 0. The first-order valence-corrected chi connectivity index (χ1v) is 8.74. The molecule has 4 heterocycles. The molecular formula is C18H18ClN5O. The highest BCUT2D eigenvalue weighted by molar-refractivity contribution is 6.38. The van der Waals surface area contributed by atoms with Crippen molar-refractivity contribution in [2.75, 3.05) is 13.1 Å². The average molecular weight is 356 g/mol. The van der Waals surface area contributed by atoms with Crippen molar-refractivity contribution >= 4 is 28.5 Å². The van der Waals surface area contributed by atoms with Gasteiger partial charge in [-0.15, -0.1) is 0 Å². The van der Waals surface area contributed by atoms with E-state index in [0.717, 1.165) is 31.3 Å². The van der Waals surface area contributed by atoms with Crippen LogP contribution in [0.2, 0.25) is 5.02 Å². The Morgan fingerprint density at radius 3 is 2.72 bits per heavy atom. The van der Waals surface area contributed by atoms with E-state index in [0.29, 0.717) is 28.0 Å². The lowest BCUT2D eigenvalue weighted by Gasteiger charge is -2.30. The molecule has 0 radical (unpaired) electrons. The van der Waals surface area contributed by atoms with Crippen LogP contribution in [0.1, 0.15) is 30.1 Å². The van der Waals surface area contributed by atoms with Crippen molar-refractivity contribution < 1.29 is 4.79 Å². The van der Waals surface area contributed by atoms with Crippen LogP contribution in [0.5, 0.6) is 0 Å². The number of fused-ring (bicyclic) bond motifs is 1. The molecule has 1 fully saturated rings. The van der Waals surface area contributed by atoms with Crippen molar-refractivity contribution in [3.63, 3.8) is 0 Å². The molecule has 0 spiro atoms. The summed E-state index contributed by atoms with van der Waals surface area (Å²) < 4.78 is 1.81. The van der Waals surface area contributed by atoms with E-state index in [-0.39, 0.29) is 5.91 Å². The summed E-state index contributed by atoms with van der Waals surface area (Å²) in [5, 5.41) is 1.18. The van der Waals surface area contributed by atoms with Crippen LogP contribution in [0, 0.1) is 5.92 Å². The van der Waals surface area contributed by atoms with Crippen molar-refractivity contribution in [2.45, 2.75) is 19.8 Å². The average Bonchev–Trinajstić information content (AvgIpc) is 3.08. The van der Waals surface area contributed by atoms with Gasteiger partial charge >= 0.3 is 0 Å². The molecule has 1 saturated heterocycles. The van der Waals surface area contributed by atoms with E-state index in [4.69, 9.17) is 11.6 Å². The monoisotopic (exact) mass is 355 g/mol. The highest BCUT2D eigenvalue weighted by Crippen LogP contribution is 2.29. The predicted octanol–water partition coefficient (Wildman–Crippen LogP) is 3.34. The molecule has 1 amide bonds. The molecule has 7 heteroatoms. The Morgan fingerprint density at radius 1 is 1.20 bits per heavy atom. The largest absolute Gasteiger partial charge is 0.339 e. The number of piperidine rings is 1. The quantitative estimate of drug-likeness (QED) is 0.707. The minimum atomic E-state index is -0.0430.